The minimum absolute atomic E-state index is 0.0709. The van der Waals surface area contributed by atoms with Crippen molar-refractivity contribution in [2.24, 2.45) is 12.8 Å². The minimum atomic E-state index is -1.26. The SMILES string of the molecule is Cn1cc(CCN)c2cc(CC3COC(=O)N3)ccc21.O=C(O)C=CC(=O)O. The van der Waals surface area contributed by atoms with Gasteiger partial charge in [-0.15, -0.1) is 0 Å². The van der Waals surface area contributed by atoms with E-state index in [1.54, 1.807) is 0 Å². The van der Waals surface area contributed by atoms with Crippen molar-refractivity contribution in [3.63, 3.8) is 0 Å². The van der Waals surface area contributed by atoms with Crippen LogP contribution in [0, 0.1) is 0 Å². The van der Waals surface area contributed by atoms with Gasteiger partial charge in [-0.25, -0.2) is 14.4 Å². The maximum absolute atomic E-state index is 11.0. The first-order valence-electron chi connectivity index (χ1n) is 8.64. The topological polar surface area (TPSA) is 144 Å². The predicted molar refractivity (Wildman–Crippen MR) is 102 cm³/mol. The molecule has 0 aliphatic carbocycles. The lowest BCUT2D eigenvalue weighted by molar-refractivity contribution is -0.134. The molecule has 0 radical (unpaired) electrons. The number of alkyl carbamates (subject to hydrolysis) is 1. The van der Waals surface area contributed by atoms with Crippen LogP contribution >= 0.6 is 0 Å². The van der Waals surface area contributed by atoms with Crippen molar-refractivity contribution in [2.45, 2.75) is 18.9 Å². The number of carboxylic acid groups (broad SMARTS) is 2. The van der Waals surface area contributed by atoms with Crippen molar-refractivity contribution in [3.05, 3.63) is 47.7 Å². The molecule has 1 unspecified atom stereocenters. The second-order valence-electron chi connectivity index (χ2n) is 6.31. The van der Waals surface area contributed by atoms with E-state index in [0.717, 1.165) is 12.8 Å². The molecule has 1 aromatic carbocycles. The van der Waals surface area contributed by atoms with E-state index in [0.29, 0.717) is 25.3 Å². The van der Waals surface area contributed by atoms with Gasteiger partial charge in [0.25, 0.3) is 0 Å². The number of ether oxygens (including phenoxy) is 1. The van der Waals surface area contributed by atoms with Gasteiger partial charge >= 0.3 is 18.0 Å². The summed E-state index contributed by atoms with van der Waals surface area (Å²) in [6, 6.07) is 6.51. The molecule has 0 spiro atoms. The first kappa shape index (κ1) is 21.0. The lowest BCUT2D eigenvalue weighted by atomic mass is 10.0. The Bertz CT molecular complexity index is 886. The van der Waals surface area contributed by atoms with Gasteiger partial charge in [0.1, 0.15) is 6.61 Å². The fourth-order valence-corrected chi connectivity index (χ4v) is 2.97. The van der Waals surface area contributed by atoms with Crippen molar-refractivity contribution in [1.82, 2.24) is 9.88 Å². The van der Waals surface area contributed by atoms with Crippen molar-refractivity contribution in [1.29, 1.82) is 0 Å². The van der Waals surface area contributed by atoms with Crippen molar-refractivity contribution < 1.29 is 29.3 Å². The lowest BCUT2D eigenvalue weighted by Gasteiger charge is -2.08. The Morgan fingerprint density at radius 2 is 2.00 bits per heavy atom. The molecule has 1 amide bonds. The van der Waals surface area contributed by atoms with E-state index in [1.165, 1.54) is 22.0 Å². The maximum atomic E-state index is 11.0. The highest BCUT2D eigenvalue weighted by atomic mass is 16.6. The molecule has 1 aliphatic heterocycles. The van der Waals surface area contributed by atoms with Crippen LogP contribution in [0.2, 0.25) is 0 Å². The third-order valence-corrected chi connectivity index (χ3v) is 4.14. The Morgan fingerprint density at radius 3 is 2.54 bits per heavy atom. The first-order chi connectivity index (χ1) is 13.3. The molecule has 150 valence electrons. The number of amides is 1. The van der Waals surface area contributed by atoms with E-state index in [2.05, 4.69) is 34.3 Å². The number of aromatic nitrogens is 1. The molecular formula is C19H23N3O6. The van der Waals surface area contributed by atoms with Crippen LogP contribution in [-0.2, 0) is 34.2 Å². The average molecular weight is 389 g/mol. The zero-order valence-corrected chi connectivity index (χ0v) is 15.4. The molecule has 0 bridgehead atoms. The zero-order valence-electron chi connectivity index (χ0n) is 15.4. The Balaban J connectivity index is 0.000000300. The smallest absolute Gasteiger partial charge is 0.407 e. The van der Waals surface area contributed by atoms with E-state index in [9.17, 15) is 14.4 Å². The Hall–Kier alpha value is -3.33. The van der Waals surface area contributed by atoms with Crippen molar-refractivity contribution in [2.75, 3.05) is 13.2 Å². The molecule has 1 saturated heterocycles. The van der Waals surface area contributed by atoms with Crippen LogP contribution < -0.4 is 11.1 Å². The van der Waals surface area contributed by atoms with Gasteiger partial charge in [0.05, 0.1) is 6.04 Å². The molecule has 1 aliphatic rings. The number of aliphatic carboxylic acids is 2. The number of hydrogen-bond donors (Lipinski definition) is 4. The van der Waals surface area contributed by atoms with Crippen molar-refractivity contribution in [3.8, 4) is 0 Å². The number of nitrogens with one attached hydrogen (secondary N) is 1. The fraction of sp³-hybridized carbons (Fsp3) is 0.316. The molecule has 28 heavy (non-hydrogen) atoms. The zero-order chi connectivity index (χ0) is 20.7. The normalized spacial score (nSPS) is 15.8. The highest BCUT2D eigenvalue weighted by molar-refractivity contribution is 5.89. The molecule has 1 aromatic heterocycles. The van der Waals surface area contributed by atoms with Crippen LogP contribution in [0.4, 0.5) is 4.79 Å². The van der Waals surface area contributed by atoms with Crippen LogP contribution in [0.15, 0.2) is 36.5 Å². The van der Waals surface area contributed by atoms with Crippen LogP contribution in [-0.4, -0.2) is 52.0 Å². The summed E-state index contributed by atoms with van der Waals surface area (Å²) in [6.45, 7) is 1.09. The van der Waals surface area contributed by atoms with Gasteiger partial charge in [-0.05, 0) is 42.6 Å². The van der Waals surface area contributed by atoms with Gasteiger partial charge in [-0.3, -0.25) is 0 Å². The van der Waals surface area contributed by atoms with E-state index in [4.69, 9.17) is 20.7 Å². The molecule has 2 heterocycles. The number of hydrogen-bond acceptors (Lipinski definition) is 5. The molecule has 9 heteroatoms. The molecule has 2 aromatic rings. The maximum Gasteiger partial charge on any atom is 0.407 e. The summed E-state index contributed by atoms with van der Waals surface area (Å²) >= 11 is 0. The summed E-state index contributed by atoms with van der Waals surface area (Å²) in [4.78, 5) is 30.2. The number of rotatable bonds is 6. The van der Waals surface area contributed by atoms with Crippen molar-refractivity contribution >= 4 is 28.9 Å². The Labute approximate surface area is 161 Å². The third kappa shape index (κ3) is 5.85. The first-order valence-corrected chi connectivity index (χ1v) is 8.64. The lowest BCUT2D eigenvalue weighted by Crippen LogP contribution is -2.28. The molecule has 5 N–H and O–H groups in total. The number of carboxylic acids is 2. The van der Waals surface area contributed by atoms with Crippen LogP contribution in [0.5, 0.6) is 0 Å². The number of benzene rings is 1. The summed E-state index contributed by atoms with van der Waals surface area (Å²) in [5, 5.41) is 19.7. The van der Waals surface area contributed by atoms with Gasteiger partial charge in [0.2, 0.25) is 0 Å². The van der Waals surface area contributed by atoms with Gasteiger partial charge in [-0.2, -0.15) is 0 Å². The number of nitrogens with two attached hydrogens (primary N) is 1. The second-order valence-corrected chi connectivity index (χ2v) is 6.31. The predicted octanol–water partition coefficient (Wildman–Crippen LogP) is 1.04. The second kappa shape index (κ2) is 9.56. The number of carbonyl (C=O) groups is 3. The fourth-order valence-electron chi connectivity index (χ4n) is 2.97. The molecule has 1 atom stereocenters. The van der Waals surface area contributed by atoms with Crippen LogP contribution in [0.3, 0.4) is 0 Å². The number of fused-ring (bicyclic) bond motifs is 1. The van der Waals surface area contributed by atoms with Crippen LogP contribution in [0.1, 0.15) is 11.1 Å². The number of carbonyl (C=O) groups excluding carboxylic acids is 1. The monoisotopic (exact) mass is 389 g/mol. The largest absolute Gasteiger partial charge is 0.478 e. The van der Waals surface area contributed by atoms with Gasteiger partial charge in [-0.1, -0.05) is 6.07 Å². The summed E-state index contributed by atoms with van der Waals surface area (Å²) in [6.07, 6.45) is 4.61. The quantitative estimate of drug-likeness (QED) is 0.540. The van der Waals surface area contributed by atoms with Gasteiger partial charge in [0.15, 0.2) is 0 Å². The van der Waals surface area contributed by atoms with Gasteiger partial charge < -0.3 is 30.6 Å². The number of aryl methyl sites for hydroxylation is 1. The Morgan fingerprint density at radius 1 is 1.32 bits per heavy atom. The number of cyclic esters (lactones) is 1. The molecule has 1 fully saturated rings. The highest BCUT2D eigenvalue weighted by Crippen LogP contribution is 2.23. The molecule has 9 nitrogen and oxygen atoms in total. The van der Waals surface area contributed by atoms with Gasteiger partial charge in [0, 0.05) is 36.3 Å². The van der Waals surface area contributed by atoms with E-state index >= 15 is 0 Å². The summed E-state index contributed by atoms with van der Waals surface area (Å²) < 4.78 is 7.05. The molecular weight excluding hydrogens is 366 g/mol. The van der Waals surface area contributed by atoms with E-state index in [1.807, 2.05) is 7.05 Å². The molecule has 3 rings (SSSR count). The molecule has 0 saturated carbocycles. The third-order valence-electron chi connectivity index (χ3n) is 4.14. The van der Waals surface area contributed by atoms with E-state index in [-0.39, 0.29) is 12.1 Å². The summed E-state index contributed by atoms with van der Waals surface area (Å²) in [5.74, 6) is -2.51. The standard InChI is InChI=1S/C15H19N3O2.C4H4O4/c1-18-8-11(4-5-16)13-7-10(2-3-14(13)18)6-12-9-20-15(19)17-12;5-3(6)1-2-4(7)8/h2-3,7-8,12H,4-6,9,16H2,1H3,(H,17,19);1-2H,(H,5,6)(H,7,8). The Kier molecular flexibility index (Phi) is 7.16. The minimum Gasteiger partial charge on any atom is -0.478 e. The average Bonchev–Trinajstić information content (AvgIpc) is 3.17. The van der Waals surface area contributed by atoms with E-state index < -0.39 is 11.9 Å². The van der Waals surface area contributed by atoms with Crippen LogP contribution in [0.25, 0.3) is 10.9 Å². The summed E-state index contributed by atoms with van der Waals surface area (Å²) in [7, 11) is 2.05. The summed E-state index contributed by atoms with van der Waals surface area (Å²) in [5.41, 5.74) is 9.37. The number of nitrogens with zero attached hydrogens (tertiary/aromatic N) is 1. The highest BCUT2D eigenvalue weighted by Gasteiger charge is 2.22.